The molecule has 0 aromatic heterocycles. The normalized spacial score (nSPS) is 18.8. The summed E-state index contributed by atoms with van der Waals surface area (Å²) in [6.45, 7) is 3.08. The number of primary amides is 1. The van der Waals surface area contributed by atoms with Gasteiger partial charge < -0.3 is 11.1 Å². The molecule has 122 valence electrons. The number of amides is 3. The summed E-state index contributed by atoms with van der Waals surface area (Å²) in [5.74, 6) is -1.05. The van der Waals surface area contributed by atoms with E-state index in [1.54, 1.807) is 6.92 Å². The first-order chi connectivity index (χ1) is 10.9. The predicted molar refractivity (Wildman–Crippen MR) is 89.1 cm³/mol. The summed E-state index contributed by atoms with van der Waals surface area (Å²) in [4.78, 5) is 41.1. The molecule has 1 fully saturated rings. The first-order valence-electron chi connectivity index (χ1n) is 7.08. The highest BCUT2D eigenvalue weighted by Crippen LogP contribution is 2.25. The molecule has 2 atom stereocenters. The van der Waals surface area contributed by atoms with Crippen molar-refractivity contribution in [2.45, 2.75) is 25.9 Å². The molecule has 0 saturated carbocycles. The quantitative estimate of drug-likeness (QED) is 0.824. The maximum absolute atomic E-state index is 12.2. The number of amidine groups is 1. The Kier molecular flexibility index (Phi) is 5.38. The van der Waals surface area contributed by atoms with Crippen molar-refractivity contribution in [1.29, 1.82) is 0 Å². The molecule has 3 N–H and O–H groups in total. The topological polar surface area (TPSA) is 105 Å². The van der Waals surface area contributed by atoms with Crippen molar-refractivity contribution in [2.75, 3.05) is 5.75 Å². The third-order valence-corrected chi connectivity index (χ3v) is 4.27. The van der Waals surface area contributed by atoms with Crippen molar-refractivity contribution in [2.24, 2.45) is 10.7 Å². The highest BCUT2D eigenvalue weighted by Gasteiger charge is 2.36. The summed E-state index contributed by atoms with van der Waals surface area (Å²) in [6, 6.07) is 7.61. The molecule has 0 spiro atoms. The van der Waals surface area contributed by atoms with Crippen LogP contribution in [-0.4, -0.2) is 45.6 Å². The van der Waals surface area contributed by atoms with Crippen molar-refractivity contribution < 1.29 is 14.4 Å². The first kappa shape index (κ1) is 17.0. The van der Waals surface area contributed by atoms with Crippen molar-refractivity contribution in [1.82, 2.24) is 10.2 Å². The number of rotatable bonds is 5. The van der Waals surface area contributed by atoms with Crippen LogP contribution >= 0.6 is 11.8 Å². The zero-order valence-corrected chi connectivity index (χ0v) is 13.7. The van der Waals surface area contributed by atoms with Crippen LogP contribution in [0.3, 0.4) is 0 Å². The molecule has 0 radical (unpaired) electrons. The fourth-order valence-corrected chi connectivity index (χ4v) is 2.94. The van der Waals surface area contributed by atoms with Gasteiger partial charge in [0.15, 0.2) is 5.17 Å². The Hall–Kier alpha value is -2.35. The second-order valence-electron chi connectivity index (χ2n) is 5.09. The summed E-state index contributed by atoms with van der Waals surface area (Å²) in [5.41, 5.74) is 5.83. The number of benzene rings is 1. The average molecular weight is 334 g/mol. The van der Waals surface area contributed by atoms with Gasteiger partial charge in [0.05, 0.1) is 11.4 Å². The molecular formula is C15H18N4O3S. The second kappa shape index (κ2) is 7.28. The summed E-state index contributed by atoms with van der Waals surface area (Å²) >= 11 is 1.28. The van der Waals surface area contributed by atoms with E-state index in [1.165, 1.54) is 23.6 Å². The van der Waals surface area contributed by atoms with Gasteiger partial charge in [0, 0.05) is 0 Å². The van der Waals surface area contributed by atoms with Gasteiger partial charge in [-0.25, -0.2) is 4.99 Å². The molecule has 23 heavy (non-hydrogen) atoms. The molecular weight excluding hydrogens is 316 g/mol. The molecule has 0 aliphatic carbocycles. The number of hydrogen-bond acceptors (Lipinski definition) is 5. The van der Waals surface area contributed by atoms with Crippen LogP contribution in [0.15, 0.2) is 35.3 Å². The van der Waals surface area contributed by atoms with Gasteiger partial charge in [-0.05, 0) is 26.0 Å². The van der Waals surface area contributed by atoms with Crippen molar-refractivity contribution >= 4 is 40.3 Å². The smallest absolute Gasteiger partial charge is 0.243 e. The average Bonchev–Trinajstić information content (AvgIpc) is 2.88. The predicted octanol–water partition coefficient (Wildman–Crippen LogP) is 0.628. The SMILES string of the molecule is C[C@H](NC(=O)[C@H](C)N1C(=O)CSC1=Nc1ccccc1)C(N)=O. The number of thioether (sulfide) groups is 1. The van der Waals surface area contributed by atoms with Gasteiger partial charge in [0.1, 0.15) is 12.1 Å². The maximum Gasteiger partial charge on any atom is 0.243 e. The lowest BCUT2D eigenvalue weighted by Gasteiger charge is -2.24. The standard InChI is InChI=1S/C15H18N4O3S/c1-9(13(16)21)17-14(22)10(2)19-12(20)8-23-15(19)18-11-6-4-3-5-7-11/h3-7,9-10H,8H2,1-2H3,(H2,16,21)(H,17,22)/t9-,10-/m0/s1. The first-order valence-corrected chi connectivity index (χ1v) is 8.07. The minimum absolute atomic E-state index is 0.195. The van der Waals surface area contributed by atoms with E-state index in [0.717, 1.165) is 0 Å². The van der Waals surface area contributed by atoms with Crippen molar-refractivity contribution in [3.8, 4) is 0 Å². The minimum Gasteiger partial charge on any atom is -0.368 e. The van der Waals surface area contributed by atoms with Gasteiger partial charge in [0.25, 0.3) is 0 Å². The zero-order valence-electron chi connectivity index (χ0n) is 12.9. The third-order valence-electron chi connectivity index (χ3n) is 3.33. The molecule has 0 bridgehead atoms. The number of carbonyl (C=O) groups excluding carboxylic acids is 3. The van der Waals surface area contributed by atoms with E-state index in [0.29, 0.717) is 10.9 Å². The summed E-state index contributed by atoms with van der Waals surface area (Å²) in [7, 11) is 0. The molecule has 7 nitrogen and oxygen atoms in total. The Morgan fingerprint density at radius 3 is 2.57 bits per heavy atom. The number of para-hydroxylation sites is 1. The Morgan fingerprint density at radius 1 is 1.30 bits per heavy atom. The lowest BCUT2D eigenvalue weighted by atomic mass is 10.2. The lowest BCUT2D eigenvalue weighted by molar-refractivity contribution is -0.134. The molecule has 1 aromatic carbocycles. The molecule has 1 aromatic rings. The van der Waals surface area contributed by atoms with Gasteiger partial charge in [-0.15, -0.1) is 0 Å². The van der Waals surface area contributed by atoms with Crippen molar-refractivity contribution in [3.05, 3.63) is 30.3 Å². The van der Waals surface area contributed by atoms with E-state index in [4.69, 9.17) is 5.73 Å². The molecule has 1 heterocycles. The van der Waals surface area contributed by atoms with E-state index in [9.17, 15) is 14.4 Å². The molecule has 1 aliphatic rings. The fourth-order valence-electron chi connectivity index (χ4n) is 1.98. The Morgan fingerprint density at radius 2 is 1.96 bits per heavy atom. The molecule has 3 amide bonds. The summed E-state index contributed by atoms with van der Waals surface area (Å²) < 4.78 is 0. The van der Waals surface area contributed by atoms with E-state index in [1.807, 2.05) is 30.3 Å². The van der Waals surface area contributed by atoms with Crippen LogP contribution in [0.5, 0.6) is 0 Å². The van der Waals surface area contributed by atoms with Crippen LogP contribution in [0.4, 0.5) is 5.69 Å². The number of carbonyl (C=O) groups is 3. The van der Waals surface area contributed by atoms with E-state index >= 15 is 0 Å². The lowest BCUT2D eigenvalue weighted by Crippen LogP contribution is -2.52. The van der Waals surface area contributed by atoms with E-state index in [2.05, 4.69) is 10.3 Å². The Balaban J connectivity index is 2.17. The van der Waals surface area contributed by atoms with Crippen molar-refractivity contribution in [3.63, 3.8) is 0 Å². The van der Waals surface area contributed by atoms with Crippen LogP contribution in [0.2, 0.25) is 0 Å². The summed E-state index contributed by atoms with van der Waals surface area (Å²) in [5, 5.41) is 2.96. The van der Waals surface area contributed by atoms with Crippen LogP contribution in [0.25, 0.3) is 0 Å². The van der Waals surface area contributed by atoms with Gasteiger partial charge in [-0.2, -0.15) is 0 Å². The van der Waals surface area contributed by atoms with Crippen LogP contribution < -0.4 is 11.1 Å². The van der Waals surface area contributed by atoms with Gasteiger partial charge >= 0.3 is 0 Å². The highest BCUT2D eigenvalue weighted by atomic mass is 32.2. The number of nitrogens with two attached hydrogens (primary N) is 1. The molecule has 8 heteroatoms. The monoisotopic (exact) mass is 334 g/mol. The maximum atomic E-state index is 12.2. The largest absolute Gasteiger partial charge is 0.368 e. The van der Waals surface area contributed by atoms with E-state index in [-0.39, 0.29) is 11.7 Å². The molecule has 1 saturated heterocycles. The number of nitrogens with one attached hydrogen (secondary N) is 1. The van der Waals surface area contributed by atoms with E-state index < -0.39 is 23.9 Å². The third kappa shape index (κ3) is 4.10. The van der Waals surface area contributed by atoms with Gasteiger partial charge in [-0.3, -0.25) is 19.3 Å². The molecule has 2 rings (SSSR count). The van der Waals surface area contributed by atoms with Gasteiger partial charge in [-0.1, -0.05) is 30.0 Å². The second-order valence-corrected chi connectivity index (χ2v) is 6.03. The number of aliphatic imine (C=N–C) groups is 1. The van der Waals surface area contributed by atoms with Crippen LogP contribution in [0.1, 0.15) is 13.8 Å². The van der Waals surface area contributed by atoms with Gasteiger partial charge in [0.2, 0.25) is 17.7 Å². The summed E-state index contributed by atoms with van der Waals surface area (Å²) in [6.07, 6.45) is 0. The minimum atomic E-state index is -0.801. The molecule has 1 aliphatic heterocycles. The highest BCUT2D eigenvalue weighted by molar-refractivity contribution is 8.15. The zero-order chi connectivity index (χ0) is 17.0. The Labute approximate surface area is 138 Å². The fraction of sp³-hybridized carbons (Fsp3) is 0.333. The van der Waals surface area contributed by atoms with Crippen LogP contribution in [0, 0.1) is 0 Å². The number of nitrogens with zero attached hydrogens (tertiary/aromatic N) is 2. The van der Waals surface area contributed by atoms with Crippen LogP contribution in [-0.2, 0) is 14.4 Å². The Bertz CT molecular complexity index is 647. The number of hydrogen-bond donors (Lipinski definition) is 2. The molecule has 0 unspecified atom stereocenters.